The largest absolute Gasteiger partial charge is 0.382 e. The second kappa shape index (κ2) is 14.4. The molecule has 0 fully saturated rings. The first-order chi connectivity index (χ1) is 11.2. The number of methoxy groups -OCH3 is 1. The molecule has 0 amide bonds. The first-order valence-electron chi connectivity index (χ1n) is 7.62. The van der Waals surface area contributed by atoms with Crippen LogP contribution < -0.4 is 10.6 Å². The second-order valence-electron chi connectivity index (χ2n) is 4.87. The van der Waals surface area contributed by atoms with Gasteiger partial charge in [0.1, 0.15) is 11.6 Å². The molecule has 0 aromatic heterocycles. The molecule has 2 N–H and O–H groups in total. The van der Waals surface area contributed by atoms with Crippen LogP contribution in [0.15, 0.2) is 23.2 Å². The maximum absolute atomic E-state index is 13.5. The second-order valence-corrected chi connectivity index (χ2v) is 4.87. The Hall–Kier alpha value is -1.00. The Morgan fingerprint density at radius 1 is 1.12 bits per heavy atom. The number of guanidine groups is 1. The zero-order valence-electron chi connectivity index (χ0n) is 14.1. The number of nitrogens with zero attached hydrogens (tertiary/aromatic N) is 1. The monoisotopic (exact) mass is 457 g/mol. The van der Waals surface area contributed by atoms with E-state index < -0.39 is 11.6 Å². The summed E-state index contributed by atoms with van der Waals surface area (Å²) in [4.78, 5) is 4.07. The van der Waals surface area contributed by atoms with E-state index in [-0.39, 0.29) is 24.0 Å². The molecule has 0 unspecified atom stereocenters. The number of hydrogen-bond acceptors (Lipinski definition) is 3. The fraction of sp³-hybridized carbons (Fsp3) is 0.562. The van der Waals surface area contributed by atoms with Gasteiger partial charge < -0.3 is 20.1 Å². The minimum absolute atomic E-state index is 0. The van der Waals surface area contributed by atoms with Crippen molar-refractivity contribution < 1.29 is 18.3 Å². The molecule has 5 nitrogen and oxygen atoms in total. The Labute approximate surface area is 159 Å². The van der Waals surface area contributed by atoms with Crippen molar-refractivity contribution in [3.05, 3.63) is 35.4 Å². The third kappa shape index (κ3) is 9.99. The van der Waals surface area contributed by atoms with Crippen molar-refractivity contribution in [1.29, 1.82) is 0 Å². The topological polar surface area (TPSA) is 54.9 Å². The van der Waals surface area contributed by atoms with Crippen molar-refractivity contribution in [2.45, 2.75) is 12.8 Å². The van der Waals surface area contributed by atoms with Crippen LogP contribution in [0.25, 0.3) is 0 Å². The van der Waals surface area contributed by atoms with Gasteiger partial charge >= 0.3 is 0 Å². The van der Waals surface area contributed by atoms with Crippen LogP contribution in [-0.4, -0.2) is 53.0 Å². The molecule has 8 heteroatoms. The first kappa shape index (κ1) is 23.0. The van der Waals surface area contributed by atoms with Crippen LogP contribution in [0.3, 0.4) is 0 Å². The molecule has 0 heterocycles. The third-order valence-electron chi connectivity index (χ3n) is 3.11. The van der Waals surface area contributed by atoms with E-state index in [0.29, 0.717) is 50.9 Å². The molecule has 0 bridgehead atoms. The van der Waals surface area contributed by atoms with Crippen LogP contribution in [0.5, 0.6) is 0 Å². The fourth-order valence-corrected chi connectivity index (χ4v) is 1.90. The van der Waals surface area contributed by atoms with E-state index in [1.807, 2.05) is 0 Å². The Balaban J connectivity index is 0.00000529. The number of ether oxygens (including phenoxy) is 2. The normalized spacial score (nSPS) is 11.1. The van der Waals surface area contributed by atoms with Gasteiger partial charge in [0.25, 0.3) is 0 Å². The molecule has 0 spiro atoms. The van der Waals surface area contributed by atoms with E-state index in [9.17, 15) is 8.78 Å². The van der Waals surface area contributed by atoms with Crippen LogP contribution >= 0.6 is 24.0 Å². The molecule has 0 radical (unpaired) electrons. The van der Waals surface area contributed by atoms with Crippen LogP contribution in [0.4, 0.5) is 8.78 Å². The number of hydrogen-bond donors (Lipinski definition) is 2. The van der Waals surface area contributed by atoms with E-state index in [4.69, 9.17) is 9.47 Å². The SMILES string of the molecule is CN=C(NCCCOCCOC)NCCc1cc(F)ccc1F.I. The molecular formula is C16H26F2IN3O2. The highest BCUT2D eigenvalue weighted by Crippen LogP contribution is 2.09. The highest BCUT2D eigenvalue weighted by Gasteiger charge is 2.04. The van der Waals surface area contributed by atoms with Crippen molar-refractivity contribution >= 4 is 29.9 Å². The average molecular weight is 457 g/mol. The fourth-order valence-electron chi connectivity index (χ4n) is 1.90. The Kier molecular flexibility index (Phi) is 13.8. The lowest BCUT2D eigenvalue weighted by atomic mass is 10.1. The van der Waals surface area contributed by atoms with Gasteiger partial charge in [0.15, 0.2) is 5.96 Å². The molecule has 0 aliphatic heterocycles. The zero-order valence-corrected chi connectivity index (χ0v) is 16.4. The van der Waals surface area contributed by atoms with Crippen molar-refractivity contribution in [2.75, 3.05) is 47.1 Å². The van der Waals surface area contributed by atoms with Gasteiger partial charge in [-0.25, -0.2) is 8.78 Å². The lowest BCUT2D eigenvalue weighted by Crippen LogP contribution is -2.39. The summed E-state index contributed by atoms with van der Waals surface area (Å²) in [7, 11) is 3.30. The van der Waals surface area contributed by atoms with Crippen molar-refractivity contribution in [1.82, 2.24) is 10.6 Å². The van der Waals surface area contributed by atoms with Crippen molar-refractivity contribution in [3.8, 4) is 0 Å². The standard InChI is InChI=1S/C16H25F2N3O2.HI/c1-19-16(20-7-3-9-23-11-10-22-2)21-8-6-13-12-14(17)4-5-15(13)18;/h4-5,12H,3,6-11H2,1-2H3,(H2,19,20,21);1H. The van der Waals surface area contributed by atoms with Gasteiger partial charge in [0.05, 0.1) is 13.2 Å². The molecule has 24 heavy (non-hydrogen) atoms. The van der Waals surface area contributed by atoms with Gasteiger partial charge in [-0.2, -0.15) is 0 Å². The minimum atomic E-state index is -0.433. The molecule has 0 atom stereocenters. The van der Waals surface area contributed by atoms with Crippen LogP contribution in [0, 0.1) is 11.6 Å². The molecular weight excluding hydrogens is 431 g/mol. The molecule has 0 aliphatic carbocycles. The van der Waals surface area contributed by atoms with E-state index in [1.165, 1.54) is 6.07 Å². The average Bonchev–Trinajstić information content (AvgIpc) is 2.55. The van der Waals surface area contributed by atoms with Gasteiger partial charge in [0.2, 0.25) is 0 Å². The van der Waals surface area contributed by atoms with Gasteiger partial charge in [-0.1, -0.05) is 0 Å². The van der Waals surface area contributed by atoms with E-state index in [1.54, 1.807) is 14.2 Å². The molecule has 0 saturated heterocycles. The molecule has 0 saturated carbocycles. The first-order valence-corrected chi connectivity index (χ1v) is 7.62. The molecule has 0 aliphatic rings. The van der Waals surface area contributed by atoms with Crippen LogP contribution in [-0.2, 0) is 15.9 Å². The molecule has 1 aromatic rings. The Bertz CT molecular complexity index is 490. The molecule has 1 aromatic carbocycles. The predicted molar refractivity (Wildman–Crippen MR) is 102 cm³/mol. The summed E-state index contributed by atoms with van der Waals surface area (Å²) >= 11 is 0. The lowest BCUT2D eigenvalue weighted by Gasteiger charge is -2.12. The maximum Gasteiger partial charge on any atom is 0.190 e. The molecule has 1 rings (SSSR count). The number of aliphatic imine (C=N–C) groups is 1. The van der Waals surface area contributed by atoms with Gasteiger partial charge in [-0.05, 0) is 36.6 Å². The molecule has 138 valence electrons. The van der Waals surface area contributed by atoms with Crippen LogP contribution in [0.1, 0.15) is 12.0 Å². The highest BCUT2D eigenvalue weighted by atomic mass is 127. The lowest BCUT2D eigenvalue weighted by molar-refractivity contribution is 0.0698. The summed E-state index contributed by atoms with van der Waals surface area (Å²) in [6.07, 6.45) is 1.22. The Morgan fingerprint density at radius 2 is 1.88 bits per heavy atom. The van der Waals surface area contributed by atoms with E-state index in [0.717, 1.165) is 18.6 Å². The van der Waals surface area contributed by atoms with E-state index >= 15 is 0 Å². The summed E-state index contributed by atoms with van der Waals surface area (Å²) in [5.74, 6) is -0.208. The minimum Gasteiger partial charge on any atom is -0.382 e. The summed E-state index contributed by atoms with van der Waals surface area (Å²) in [6.45, 7) is 2.99. The quantitative estimate of drug-likeness (QED) is 0.245. The number of rotatable bonds is 10. The third-order valence-corrected chi connectivity index (χ3v) is 3.11. The van der Waals surface area contributed by atoms with Crippen molar-refractivity contribution in [3.63, 3.8) is 0 Å². The summed E-state index contributed by atoms with van der Waals surface area (Å²) in [6, 6.07) is 3.47. The Morgan fingerprint density at radius 3 is 2.58 bits per heavy atom. The van der Waals surface area contributed by atoms with Gasteiger partial charge in [0, 0.05) is 33.9 Å². The zero-order chi connectivity index (χ0) is 16.9. The van der Waals surface area contributed by atoms with E-state index in [2.05, 4.69) is 15.6 Å². The summed E-state index contributed by atoms with van der Waals surface area (Å²) in [5.41, 5.74) is 0.347. The van der Waals surface area contributed by atoms with Crippen LogP contribution in [0.2, 0.25) is 0 Å². The highest BCUT2D eigenvalue weighted by molar-refractivity contribution is 14.0. The van der Waals surface area contributed by atoms with Gasteiger partial charge in [-0.15, -0.1) is 24.0 Å². The van der Waals surface area contributed by atoms with Crippen molar-refractivity contribution in [2.24, 2.45) is 4.99 Å². The summed E-state index contributed by atoms with van der Waals surface area (Å²) in [5, 5.41) is 6.20. The maximum atomic E-state index is 13.5. The smallest absolute Gasteiger partial charge is 0.190 e. The number of benzene rings is 1. The summed E-state index contributed by atoms with van der Waals surface area (Å²) < 4.78 is 36.8. The van der Waals surface area contributed by atoms with Gasteiger partial charge in [-0.3, -0.25) is 4.99 Å². The number of halogens is 3. The predicted octanol–water partition coefficient (Wildman–Crippen LogP) is 2.34. The number of nitrogens with one attached hydrogen (secondary N) is 2.